The Morgan fingerprint density at radius 3 is 2.85 bits per heavy atom. The molecule has 0 spiro atoms. The van der Waals surface area contributed by atoms with Crippen LogP contribution in [0.25, 0.3) is 0 Å². The van der Waals surface area contributed by atoms with Gasteiger partial charge in [0.15, 0.2) is 0 Å². The third kappa shape index (κ3) is 2.68. The number of hydrogen-bond donors (Lipinski definition) is 1. The minimum Gasteiger partial charge on any atom is -0.378 e. The van der Waals surface area contributed by atoms with Crippen molar-refractivity contribution < 1.29 is 4.74 Å². The molecule has 1 saturated carbocycles. The van der Waals surface area contributed by atoms with Gasteiger partial charge in [0.1, 0.15) is 0 Å². The number of rotatable bonds is 4. The smallest absolute Gasteiger partial charge is 0.0590 e. The van der Waals surface area contributed by atoms with Gasteiger partial charge in [-0.3, -0.25) is 0 Å². The molecule has 0 amide bonds. The fourth-order valence-electron chi connectivity index (χ4n) is 2.21. The van der Waals surface area contributed by atoms with Crippen LogP contribution in [0.1, 0.15) is 39.5 Å². The van der Waals surface area contributed by atoms with Crippen LogP contribution in [0.15, 0.2) is 0 Å². The van der Waals surface area contributed by atoms with Crippen molar-refractivity contribution in [2.75, 3.05) is 6.61 Å². The van der Waals surface area contributed by atoms with E-state index >= 15 is 0 Å². The molecule has 1 aliphatic heterocycles. The van der Waals surface area contributed by atoms with E-state index in [1.165, 1.54) is 25.7 Å². The molecule has 1 N–H and O–H groups in total. The van der Waals surface area contributed by atoms with Crippen LogP contribution < -0.4 is 5.32 Å². The zero-order valence-electron chi connectivity index (χ0n) is 8.75. The van der Waals surface area contributed by atoms with Crippen molar-refractivity contribution in [2.45, 2.75) is 57.7 Å². The third-order valence-corrected chi connectivity index (χ3v) is 3.25. The molecule has 2 heteroatoms. The number of hydrogen-bond acceptors (Lipinski definition) is 2. The summed E-state index contributed by atoms with van der Waals surface area (Å²) in [5.74, 6) is 0.909. The first-order chi connectivity index (χ1) is 6.25. The zero-order chi connectivity index (χ0) is 9.26. The van der Waals surface area contributed by atoms with Crippen LogP contribution in [0.2, 0.25) is 0 Å². The molecule has 2 rings (SSSR count). The van der Waals surface area contributed by atoms with Crippen molar-refractivity contribution in [3.05, 3.63) is 0 Å². The molecule has 0 radical (unpaired) electrons. The monoisotopic (exact) mass is 183 g/mol. The van der Waals surface area contributed by atoms with Gasteiger partial charge in [0.25, 0.3) is 0 Å². The van der Waals surface area contributed by atoms with Gasteiger partial charge in [-0.05, 0) is 38.5 Å². The molecule has 2 fully saturated rings. The van der Waals surface area contributed by atoms with Crippen LogP contribution in [-0.4, -0.2) is 24.8 Å². The van der Waals surface area contributed by atoms with E-state index in [0.29, 0.717) is 12.1 Å². The van der Waals surface area contributed by atoms with Gasteiger partial charge in [-0.25, -0.2) is 0 Å². The second-order valence-electron chi connectivity index (χ2n) is 4.76. The minimum absolute atomic E-state index is 0.538. The molecule has 4 unspecified atom stereocenters. The highest BCUT2D eigenvalue weighted by molar-refractivity contribution is 4.91. The largest absolute Gasteiger partial charge is 0.378 e. The van der Waals surface area contributed by atoms with Gasteiger partial charge >= 0.3 is 0 Å². The predicted molar refractivity (Wildman–Crippen MR) is 53.8 cm³/mol. The first-order valence-corrected chi connectivity index (χ1v) is 5.63. The van der Waals surface area contributed by atoms with Gasteiger partial charge in [0.2, 0.25) is 0 Å². The highest BCUT2D eigenvalue weighted by Crippen LogP contribution is 2.30. The van der Waals surface area contributed by atoms with Gasteiger partial charge in [-0.1, -0.05) is 6.92 Å². The SMILES string of the molecule is CC(CC1CCCO1)NC1CC1C. The van der Waals surface area contributed by atoms with E-state index in [0.717, 1.165) is 18.6 Å². The summed E-state index contributed by atoms with van der Waals surface area (Å²) in [4.78, 5) is 0. The maximum absolute atomic E-state index is 5.61. The fraction of sp³-hybridized carbons (Fsp3) is 1.00. The number of nitrogens with one attached hydrogen (secondary N) is 1. The van der Waals surface area contributed by atoms with Crippen LogP contribution in [0.4, 0.5) is 0 Å². The van der Waals surface area contributed by atoms with Gasteiger partial charge in [0, 0.05) is 18.7 Å². The fourth-order valence-corrected chi connectivity index (χ4v) is 2.21. The maximum Gasteiger partial charge on any atom is 0.0590 e. The third-order valence-electron chi connectivity index (χ3n) is 3.25. The van der Waals surface area contributed by atoms with E-state index in [2.05, 4.69) is 19.2 Å². The molecule has 1 saturated heterocycles. The molecule has 0 bridgehead atoms. The first kappa shape index (κ1) is 9.47. The minimum atomic E-state index is 0.538. The number of ether oxygens (including phenoxy) is 1. The van der Waals surface area contributed by atoms with Crippen LogP contribution >= 0.6 is 0 Å². The van der Waals surface area contributed by atoms with Gasteiger partial charge in [0.05, 0.1) is 6.10 Å². The molecular weight excluding hydrogens is 162 g/mol. The standard InChI is InChI=1S/C11H21NO/c1-8-6-11(8)12-9(2)7-10-4-3-5-13-10/h8-12H,3-7H2,1-2H3. The molecule has 13 heavy (non-hydrogen) atoms. The maximum atomic E-state index is 5.61. The van der Waals surface area contributed by atoms with Gasteiger partial charge in [-0.15, -0.1) is 0 Å². The lowest BCUT2D eigenvalue weighted by Gasteiger charge is -2.17. The second-order valence-corrected chi connectivity index (χ2v) is 4.76. The zero-order valence-corrected chi connectivity index (χ0v) is 8.75. The van der Waals surface area contributed by atoms with Crippen LogP contribution in [-0.2, 0) is 4.74 Å². The molecule has 1 aliphatic carbocycles. The molecule has 2 aliphatic rings. The normalized spacial score (nSPS) is 40.6. The van der Waals surface area contributed by atoms with Gasteiger partial charge in [-0.2, -0.15) is 0 Å². The highest BCUT2D eigenvalue weighted by atomic mass is 16.5. The lowest BCUT2D eigenvalue weighted by atomic mass is 10.1. The average Bonchev–Trinajstić information content (AvgIpc) is 2.61. The molecule has 0 aromatic heterocycles. The Kier molecular flexibility index (Phi) is 2.89. The summed E-state index contributed by atoms with van der Waals surface area (Å²) in [6.07, 6.45) is 5.64. The van der Waals surface area contributed by atoms with Crippen molar-refractivity contribution in [1.29, 1.82) is 0 Å². The van der Waals surface area contributed by atoms with E-state index in [1.807, 2.05) is 0 Å². The lowest BCUT2D eigenvalue weighted by molar-refractivity contribution is 0.0960. The predicted octanol–water partition coefficient (Wildman–Crippen LogP) is 1.94. The Bertz CT molecular complexity index is 165. The van der Waals surface area contributed by atoms with Crippen LogP contribution in [0.3, 0.4) is 0 Å². The average molecular weight is 183 g/mol. The van der Waals surface area contributed by atoms with Crippen molar-refractivity contribution in [1.82, 2.24) is 5.32 Å². The quantitative estimate of drug-likeness (QED) is 0.719. The Morgan fingerprint density at radius 1 is 1.54 bits per heavy atom. The summed E-state index contributed by atoms with van der Waals surface area (Å²) < 4.78 is 5.61. The van der Waals surface area contributed by atoms with E-state index in [-0.39, 0.29) is 0 Å². The molecule has 0 aromatic carbocycles. The van der Waals surface area contributed by atoms with Crippen molar-refractivity contribution >= 4 is 0 Å². The van der Waals surface area contributed by atoms with Crippen molar-refractivity contribution in [3.63, 3.8) is 0 Å². The van der Waals surface area contributed by atoms with E-state index in [4.69, 9.17) is 4.74 Å². The summed E-state index contributed by atoms with van der Waals surface area (Å²) in [6.45, 7) is 5.58. The summed E-state index contributed by atoms with van der Waals surface area (Å²) in [6, 6.07) is 1.44. The highest BCUT2D eigenvalue weighted by Gasteiger charge is 2.33. The lowest BCUT2D eigenvalue weighted by Crippen LogP contribution is -2.32. The summed E-state index contributed by atoms with van der Waals surface area (Å²) in [5.41, 5.74) is 0. The Balaban J connectivity index is 1.62. The Labute approximate surface area is 81.0 Å². The van der Waals surface area contributed by atoms with E-state index < -0.39 is 0 Å². The van der Waals surface area contributed by atoms with E-state index in [1.54, 1.807) is 0 Å². The molecule has 0 aromatic rings. The summed E-state index contributed by atoms with van der Waals surface area (Å²) in [5, 5.41) is 3.65. The van der Waals surface area contributed by atoms with E-state index in [9.17, 15) is 0 Å². The van der Waals surface area contributed by atoms with Crippen molar-refractivity contribution in [2.24, 2.45) is 5.92 Å². The van der Waals surface area contributed by atoms with Crippen LogP contribution in [0, 0.1) is 5.92 Å². The topological polar surface area (TPSA) is 21.3 Å². The summed E-state index contributed by atoms with van der Waals surface area (Å²) in [7, 11) is 0. The van der Waals surface area contributed by atoms with Crippen molar-refractivity contribution in [3.8, 4) is 0 Å². The molecule has 1 heterocycles. The molecule has 2 nitrogen and oxygen atoms in total. The molecule has 76 valence electrons. The van der Waals surface area contributed by atoms with Gasteiger partial charge < -0.3 is 10.1 Å². The molecular formula is C11H21NO. The van der Waals surface area contributed by atoms with Crippen LogP contribution in [0.5, 0.6) is 0 Å². The molecule has 4 atom stereocenters. The Morgan fingerprint density at radius 2 is 2.31 bits per heavy atom. The first-order valence-electron chi connectivity index (χ1n) is 5.63. The second kappa shape index (κ2) is 3.97. The Hall–Kier alpha value is -0.0800. The summed E-state index contributed by atoms with van der Waals surface area (Å²) >= 11 is 0.